The van der Waals surface area contributed by atoms with Crippen LogP contribution in [0.15, 0.2) is 58.4 Å². The molecule has 2 aromatic heterocycles. The predicted molar refractivity (Wildman–Crippen MR) is 111 cm³/mol. The van der Waals surface area contributed by atoms with Crippen molar-refractivity contribution in [3.63, 3.8) is 0 Å². The molecule has 0 aliphatic rings. The average Bonchev–Trinajstić information content (AvgIpc) is 2.96. The minimum atomic E-state index is -3.67. The van der Waals surface area contributed by atoms with Gasteiger partial charge in [0.25, 0.3) is 0 Å². The van der Waals surface area contributed by atoms with Crippen LogP contribution in [0.4, 0.5) is 0 Å². The summed E-state index contributed by atoms with van der Waals surface area (Å²) in [6.45, 7) is 6.36. The van der Waals surface area contributed by atoms with Crippen molar-refractivity contribution in [3.8, 4) is 11.5 Å². The molecule has 0 aliphatic carbocycles. The Morgan fingerprint density at radius 1 is 1.07 bits per heavy atom. The van der Waals surface area contributed by atoms with E-state index in [2.05, 4.69) is 35.6 Å². The summed E-state index contributed by atoms with van der Waals surface area (Å²) in [5.74, 6) is 0.427. The largest absolute Gasteiger partial charge is 0.346 e. The van der Waals surface area contributed by atoms with E-state index < -0.39 is 10.0 Å². The predicted octanol–water partition coefficient (Wildman–Crippen LogP) is 1.92. The van der Waals surface area contributed by atoms with Crippen LogP contribution in [-0.2, 0) is 29.0 Å². The quantitative estimate of drug-likeness (QED) is 0.663. The van der Waals surface area contributed by atoms with Crippen molar-refractivity contribution in [1.82, 2.24) is 24.1 Å². The number of nitrogens with zero attached hydrogens (tertiary/aromatic N) is 4. The topological polar surface area (TPSA) is 98.9 Å². The van der Waals surface area contributed by atoms with Crippen molar-refractivity contribution in [2.45, 2.75) is 37.6 Å². The zero-order chi connectivity index (χ0) is 21.2. The van der Waals surface area contributed by atoms with Gasteiger partial charge in [0.05, 0.1) is 11.4 Å². The summed E-state index contributed by atoms with van der Waals surface area (Å²) in [6.07, 6.45) is 1.62. The van der Waals surface area contributed by atoms with Crippen LogP contribution in [0.1, 0.15) is 26.3 Å². The van der Waals surface area contributed by atoms with E-state index in [9.17, 15) is 13.2 Å². The minimum absolute atomic E-state index is 0.0436. The Hall–Kier alpha value is -2.78. The van der Waals surface area contributed by atoms with E-state index in [1.807, 2.05) is 18.2 Å². The van der Waals surface area contributed by atoms with Gasteiger partial charge in [-0.3, -0.25) is 9.55 Å². The normalized spacial score (nSPS) is 12.3. The fourth-order valence-corrected chi connectivity index (χ4v) is 3.88. The first kappa shape index (κ1) is 20.9. The highest BCUT2D eigenvalue weighted by Crippen LogP contribution is 2.23. The van der Waals surface area contributed by atoms with Gasteiger partial charge in [-0.05, 0) is 35.2 Å². The van der Waals surface area contributed by atoms with Gasteiger partial charge >= 0.3 is 5.69 Å². The summed E-state index contributed by atoms with van der Waals surface area (Å²) in [4.78, 5) is 16.8. The van der Waals surface area contributed by atoms with Crippen molar-refractivity contribution in [1.29, 1.82) is 0 Å². The number of hydrogen-bond donors (Lipinski definition) is 1. The molecule has 0 saturated heterocycles. The highest BCUT2D eigenvalue weighted by molar-refractivity contribution is 7.89. The van der Waals surface area contributed by atoms with Gasteiger partial charge in [-0.1, -0.05) is 39.0 Å². The molecule has 1 N–H and O–H groups in total. The molecule has 8 nitrogen and oxygen atoms in total. The van der Waals surface area contributed by atoms with Gasteiger partial charge in [0.2, 0.25) is 10.0 Å². The Balaban J connectivity index is 1.70. The fourth-order valence-electron chi connectivity index (χ4n) is 2.85. The molecule has 0 amide bonds. The summed E-state index contributed by atoms with van der Waals surface area (Å²) in [5, 5.41) is 4.28. The number of hydrogen-bond acceptors (Lipinski definition) is 5. The highest BCUT2D eigenvalue weighted by Gasteiger charge is 2.18. The number of benzene rings is 1. The second-order valence-corrected chi connectivity index (χ2v) is 9.54. The van der Waals surface area contributed by atoms with Crippen molar-refractivity contribution < 1.29 is 8.42 Å². The number of aromatic nitrogens is 4. The summed E-state index contributed by atoms with van der Waals surface area (Å²) in [7, 11) is -2.07. The number of sulfonamides is 1. The molecule has 0 bridgehead atoms. The molecule has 3 aromatic rings. The third kappa shape index (κ3) is 4.63. The third-order valence-electron chi connectivity index (χ3n) is 4.58. The lowest BCUT2D eigenvalue weighted by Gasteiger charge is -2.19. The zero-order valence-electron chi connectivity index (χ0n) is 17.0. The van der Waals surface area contributed by atoms with Crippen LogP contribution in [0, 0.1) is 0 Å². The van der Waals surface area contributed by atoms with Crippen molar-refractivity contribution in [3.05, 3.63) is 64.7 Å². The second-order valence-electron chi connectivity index (χ2n) is 7.78. The van der Waals surface area contributed by atoms with Crippen molar-refractivity contribution >= 4 is 10.0 Å². The lowest BCUT2D eigenvalue weighted by molar-refractivity contribution is 0.550. The first-order valence-electron chi connectivity index (χ1n) is 9.25. The van der Waals surface area contributed by atoms with Gasteiger partial charge < -0.3 is 0 Å². The lowest BCUT2D eigenvalue weighted by Crippen LogP contribution is -2.31. The smallest absolute Gasteiger partial charge is 0.277 e. The average molecular weight is 416 g/mol. The number of pyridine rings is 1. The summed E-state index contributed by atoms with van der Waals surface area (Å²) < 4.78 is 30.2. The molecular weight excluding hydrogens is 390 g/mol. The van der Waals surface area contributed by atoms with E-state index in [0.717, 1.165) is 5.56 Å². The molecule has 0 radical (unpaired) electrons. The molecule has 3 rings (SSSR count). The van der Waals surface area contributed by atoms with Crippen LogP contribution in [0.25, 0.3) is 11.5 Å². The Bertz CT molecular complexity index is 1140. The molecule has 2 heterocycles. The Kier molecular flexibility index (Phi) is 5.72. The zero-order valence-corrected chi connectivity index (χ0v) is 17.8. The summed E-state index contributed by atoms with van der Waals surface area (Å²) in [6, 6.07) is 12.2. The molecule has 0 atom stereocenters. The van der Waals surface area contributed by atoms with Crippen LogP contribution in [0.2, 0.25) is 0 Å². The first-order chi connectivity index (χ1) is 13.6. The maximum absolute atomic E-state index is 12.5. The van der Waals surface area contributed by atoms with Crippen molar-refractivity contribution in [2.75, 3.05) is 6.54 Å². The van der Waals surface area contributed by atoms with Gasteiger partial charge in [0.15, 0.2) is 5.82 Å². The molecule has 9 heteroatoms. The van der Waals surface area contributed by atoms with Crippen LogP contribution < -0.4 is 10.4 Å². The van der Waals surface area contributed by atoms with Crippen LogP contribution in [0.3, 0.4) is 0 Å². The molecule has 0 saturated carbocycles. The molecule has 154 valence electrons. The van der Waals surface area contributed by atoms with Gasteiger partial charge in [-0.15, -0.1) is 5.10 Å². The molecule has 0 unspecified atom stereocenters. The van der Waals surface area contributed by atoms with E-state index in [1.54, 1.807) is 37.5 Å². The maximum atomic E-state index is 12.5. The Morgan fingerprint density at radius 2 is 1.76 bits per heavy atom. The standard InChI is InChI=1S/C20H25N5O3S/c1-20(2,3)15-8-10-16(11-9-15)29(27,28)22-13-14-25-19(26)24(4)18(23-25)17-7-5-6-12-21-17/h5-12,22H,13-14H2,1-4H3. The lowest BCUT2D eigenvalue weighted by atomic mass is 9.87. The minimum Gasteiger partial charge on any atom is -0.277 e. The van der Waals surface area contributed by atoms with E-state index in [-0.39, 0.29) is 29.1 Å². The Morgan fingerprint density at radius 3 is 2.34 bits per heavy atom. The first-order valence-corrected chi connectivity index (χ1v) is 10.7. The summed E-state index contributed by atoms with van der Waals surface area (Å²) in [5.41, 5.74) is 1.24. The molecule has 1 aromatic carbocycles. The van der Waals surface area contributed by atoms with E-state index in [1.165, 1.54) is 9.25 Å². The van der Waals surface area contributed by atoms with E-state index >= 15 is 0 Å². The van der Waals surface area contributed by atoms with E-state index in [4.69, 9.17) is 0 Å². The van der Waals surface area contributed by atoms with Gasteiger partial charge in [0, 0.05) is 19.8 Å². The van der Waals surface area contributed by atoms with Gasteiger partial charge in [0.1, 0.15) is 5.69 Å². The third-order valence-corrected chi connectivity index (χ3v) is 6.06. The van der Waals surface area contributed by atoms with Crippen LogP contribution >= 0.6 is 0 Å². The molecule has 0 fully saturated rings. The number of rotatable bonds is 6. The van der Waals surface area contributed by atoms with E-state index in [0.29, 0.717) is 11.5 Å². The highest BCUT2D eigenvalue weighted by atomic mass is 32.2. The summed E-state index contributed by atoms with van der Waals surface area (Å²) >= 11 is 0. The second kappa shape index (κ2) is 7.92. The van der Waals surface area contributed by atoms with Gasteiger partial charge in [-0.25, -0.2) is 22.6 Å². The molecular formula is C20H25N5O3S. The fraction of sp³-hybridized carbons (Fsp3) is 0.350. The maximum Gasteiger partial charge on any atom is 0.346 e. The SMILES string of the molecule is Cn1c(-c2ccccn2)nn(CCNS(=O)(=O)c2ccc(C(C)(C)C)cc2)c1=O. The van der Waals surface area contributed by atoms with Crippen molar-refractivity contribution in [2.24, 2.45) is 7.05 Å². The van der Waals surface area contributed by atoms with Gasteiger partial charge in [-0.2, -0.15) is 0 Å². The Labute approximate surface area is 170 Å². The van der Waals surface area contributed by atoms with Crippen LogP contribution in [0.5, 0.6) is 0 Å². The molecule has 0 aliphatic heterocycles. The monoisotopic (exact) mass is 415 g/mol. The molecule has 0 spiro atoms. The molecule has 29 heavy (non-hydrogen) atoms. The van der Waals surface area contributed by atoms with Crippen LogP contribution in [-0.4, -0.2) is 34.3 Å². The number of nitrogens with one attached hydrogen (secondary N) is 1.